The van der Waals surface area contributed by atoms with E-state index >= 15 is 0 Å². The quantitative estimate of drug-likeness (QED) is 0.932. The summed E-state index contributed by atoms with van der Waals surface area (Å²) in [6.07, 6.45) is 0. The molecule has 0 spiro atoms. The first-order valence-corrected chi connectivity index (χ1v) is 7.74. The average molecular weight is 275 g/mol. The third kappa shape index (κ3) is 3.22. The number of sulfone groups is 1. The van der Waals surface area contributed by atoms with Crippen LogP contribution in [0.5, 0.6) is 0 Å². The SMILES string of the molecule is Cc1ccccc1S(=O)(=O)Cc1ccc(CN)cc1. The van der Waals surface area contributed by atoms with Crippen LogP contribution in [0.25, 0.3) is 0 Å². The van der Waals surface area contributed by atoms with Crippen molar-refractivity contribution >= 4 is 9.84 Å². The Morgan fingerprint density at radius 3 is 2.11 bits per heavy atom. The van der Waals surface area contributed by atoms with E-state index < -0.39 is 9.84 Å². The Hall–Kier alpha value is -1.65. The summed E-state index contributed by atoms with van der Waals surface area (Å²) in [5.74, 6) is 0.0166. The van der Waals surface area contributed by atoms with Crippen molar-refractivity contribution in [2.75, 3.05) is 0 Å². The van der Waals surface area contributed by atoms with Crippen LogP contribution in [0.15, 0.2) is 53.4 Å². The molecule has 2 rings (SSSR count). The fourth-order valence-corrected chi connectivity index (χ4v) is 3.61. The molecule has 2 aromatic rings. The van der Waals surface area contributed by atoms with E-state index in [0.29, 0.717) is 11.4 Å². The van der Waals surface area contributed by atoms with Gasteiger partial charge in [0.05, 0.1) is 10.6 Å². The molecule has 0 aliphatic carbocycles. The van der Waals surface area contributed by atoms with Gasteiger partial charge in [-0.15, -0.1) is 0 Å². The first-order valence-electron chi connectivity index (χ1n) is 6.09. The van der Waals surface area contributed by atoms with Crippen molar-refractivity contribution in [1.29, 1.82) is 0 Å². The Morgan fingerprint density at radius 2 is 1.53 bits per heavy atom. The minimum absolute atomic E-state index is 0.0166. The number of rotatable bonds is 4. The minimum Gasteiger partial charge on any atom is -0.326 e. The fraction of sp³-hybridized carbons (Fsp3) is 0.200. The highest BCUT2D eigenvalue weighted by Crippen LogP contribution is 2.20. The standard InChI is InChI=1S/C15H17NO2S/c1-12-4-2-3-5-15(12)19(17,18)11-14-8-6-13(10-16)7-9-14/h2-9H,10-11,16H2,1H3. The highest BCUT2D eigenvalue weighted by Gasteiger charge is 2.17. The molecular formula is C15H17NO2S. The number of hydrogen-bond acceptors (Lipinski definition) is 3. The molecule has 0 radical (unpaired) electrons. The third-order valence-corrected chi connectivity index (χ3v) is 4.89. The first-order chi connectivity index (χ1) is 9.03. The van der Waals surface area contributed by atoms with Gasteiger partial charge in [0.25, 0.3) is 0 Å². The topological polar surface area (TPSA) is 60.2 Å². The van der Waals surface area contributed by atoms with Gasteiger partial charge in [-0.25, -0.2) is 8.42 Å². The van der Waals surface area contributed by atoms with Crippen LogP contribution in [-0.2, 0) is 22.1 Å². The number of aryl methyl sites for hydroxylation is 1. The maximum atomic E-state index is 12.4. The summed E-state index contributed by atoms with van der Waals surface area (Å²) in [7, 11) is -3.29. The van der Waals surface area contributed by atoms with Gasteiger partial charge in [-0.05, 0) is 29.7 Å². The Bertz CT molecular complexity index is 661. The molecule has 4 heteroatoms. The van der Waals surface area contributed by atoms with Crippen LogP contribution in [0.1, 0.15) is 16.7 Å². The molecule has 3 nitrogen and oxygen atoms in total. The summed E-state index contributed by atoms with van der Waals surface area (Å²) in [6.45, 7) is 2.27. The third-order valence-electron chi connectivity index (χ3n) is 3.04. The van der Waals surface area contributed by atoms with Crippen molar-refractivity contribution in [3.63, 3.8) is 0 Å². The van der Waals surface area contributed by atoms with Crippen LogP contribution in [-0.4, -0.2) is 8.42 Å². The monoisotopic (exact) mass is 275 g/mol. The van der Waals surface area contributed by atoms with Crippen LogP contribution >= 0.6 is 0 Å². The highest BCUT2D eigenvalue weighted by atomic mass is 32.2. The van der Waals surface area contributed by atoms with Crippen LogP contribution in [0, 0.1) is 6.92 Å². The lowest BCUT2D eigenvalue weighted by Crippen LogP contribution is -2.07. The lowest BCUT2D eigenvalue weighted by atomic mass is 10.1. The number of nitrogens with two attached hydrogens (primary N) is 1. The second-order valence-electron chi connectivity index (χ2n) is 4.55. The van der Waals surface area contributed by atoms with Crippen LogP contribution in [0.2, 0.25) is 0 Å². The van der Waals surface area contributed by atoms with E-state index in [1.54, 1.807) is 12.1 Å². The van der Waals surface area contributed by atoms with Crippen molar-refractivity contribution < 1.29 is 8.42 Å². The molecule has 0 amide bonds. The summed E-state index contributed by atoms with van der Waals surface area (Å²) in [5, 5.41) is 0. The zero-order valence-corrected chi connectivity index (χ0v) is 11.7. The Labute approximate surface area is 114 Å². The summed E-state index contributed by atoms with van der Waals surface area (Å²) in [5.41, 5.74) is 8.07. The normalized spacial score (nSPS) is 11.5. The average Bonchev–Trinajstić information content (AvgIpc) is 2.39. The Morgan fingerprint density at radius 1 is 0.947 bits per heavy atom. The summed E-state index contributed by atoms with van der Waals surface area (Å²) < 4.78 is 24.7. The van der Waals surface area contributed by atoms with E-state index in [1.165, 1.54) is 0 Å². The molecule has 0 aliphatic heterocycles. The van der Waals surface area contributed by atoms with Gasteiger partial charge >= 0.3 is 0 Å². The molecule has 0 heterocycles. The molecule has 0 saturated carbocycles. The number of hydrogen-bond donors (Lipinski definition) is 1. The van der Waals surface area contributed by atoms with Gasteiger partial charge in [0.1, 0.15) is 0 Å². The summed E-state index contributed by atoms with van der Waals surface area (Å²) >= 11 is 0. The van der Waals surface area contributed by atoms with Crippen LogP contribution < -0.4 is 5.73 Å². The van der Waals surface area contributed by atoms with Gasteiger partial charge in [0.15, 0.2) is 9.84 Å². The Kier molecular flexibility index (Phi) is 4.02. The Balaban J connectivity index is 2.28. The second kappa shape index (κ2) is 5.55. The van der Waals surface area contributed by atoms with E-state index in [2.05, 4.69) is 0 Å². The van der Waals surface area contributed by atoms with Crippen molar-refractivity contribution in [1.82, 2.24) is 0 Å². The largest absolute Gasteiger partial charge is 0.326 e. The zero-order valence-electron chi connectivity index (χ0n) is 10.8. The van der Waals surface area contributed by atoms with Crippen molar-refractivity contribution in [2.45, 2.75) is 24.1 Å². The van der Waals surface area contributed by atoms with E-state index in [-0.39, 0.29) is 5.75 Å². The van der Waals surface area contributed by atoms with E-state index in [9.17, 15) is 8.42 Å². The van der Waals surface area contributed by atoms with Gasteiger partial charge in [-0.2, -0.15) is 0 Å². The molecule has 0 aliphatic rings. The molecule has 0 saturated heterocycles. The van der Waals surface area contributed by atoms with E-state index in [0.717, 1.165) is 16.7 Å². The first kappa shape index (κ1) is 13.8. The van der Waals surface area contributed by atoms with E-state index in [4.69, 9.17) is 5.73 Å². The van der Waals surface area contributed by atoms with Crippen LogP contribution in [0.3, 0.4) is 0 Å². The highest BCUT2D eigenvalue weighted by molar-refractivity contribution is 7.90. The van der Waals surface area contributed by atoms with Crippen molar-refractivity contribution in [3.05, 3.63) is 65.2 Å². The van der Waals surface area contributed by atoms with Gasteiger partial charge in [0, 0.05) is 6.54 Å². The lowest BCUT2D eigenvalue weighted by Gasteiger charge is -2.08. The van der Waals surface area contributed by atoms with Crippen molar-refractivity contribution in [2.24, 2.45) is 5.73 Å². The molecule has 2 aromatic carbocycles. The maximum absolute atomic E-state index is 12.4. The maximum Gasteiger partial charge on any atom is 0.182 e. The van der Waals surface area contributed by atoms with Gasteiger partial charge in [-0.1, -0.05) is 42.5 Å². The molecule has 0 aromatic heterocycles. The van der Waals surface area contributed by atoms with Gasteiger partial charge in [-0.3, -0.25) is 0 Å². The molecular weight excluding hydrogens is 258 g/mol. The van der Waals surface area contributed by atoms with Crippen LogP contribution in [0.4, 0.5) is 0 Å². The summed E-state index contributed by atoms with van der Waals surface area (Å²) in [6, 6.07) is 14.4. The zero-order chi connectivity index (χ0) is 13.9. The molecule has 2 N–H and O–H groups in total. The predicted octanol–water partition coefficient (Wildman–Crippen LogP) is 2.43. The molecule has 0 fully saturated rings. The van der Waals surface area contributed by atoms with E-state index in [1.807, 2.05) is 43.3 Å². The van der Waals surface area contributed by atoms with Crippen molar-refractivity contribution in [3.8, 4) is 0 Å². The smallest absolute Gasteiger partial charge is 0.182 e. The number of benzene rings is 2. The minimum atomic E-state index is -3.29. The second-order valence-corrected chi connectivity index (χ2v) is 6.50. The van der Waals surface area contributed by atoms with Gasteiger partial charge in [0.2, 0.25) is 0 Å². The summed E-state index contributed by atoms with van der Waals surface area (Å²) in [4.78, 5) is 0.401. The molecule has 0 atom stereocenters. The van der Waals surface area contributed by atoms with Gasteiger partial charge < -0.3 is 5.73 Å². The molecule has 19 heavy (non-hydrogen) atoms. The molecule has 0 unspecified atom stereocenters. The molecule has 0 bridgehead atoms. The lowest BCUT2D eigenvalue weighted by molar-refractivity contribution is 0.594. The molecule has 100 valence electrons. The predicted molar refractivity (Wildman–Crippen MR) is 76.4 cm³/mol. The fourth-order valence-electron chi connectivity index (χ4n) is 1.97.